The first-order valence-corrected chi connectivity index (χ1v) is 12.0. The van der Waals surface area contributed by atoms with Crippen molar-refractivity contribution in [3.8, 4) is 11.4 Å². The third-order valence-corrected chi connectivity index (χ3v) is 6.32. The highest BCUT2D eigenvalue weighted by molar-refractivity contribution is 7.98. The van der Waals surface area contributed by atoms with Crippen LogP contribution in [0.5, 0.6) is 5.75 Å². The molecule has 1 heterocycles. The minimum Gasteiger partial charge on any atom is -0.495 e. The van der Waals surface area contributed by atoms with E-state index in [1.165, 1.54) is 5.56 Å². The number of rotatable bonds is 8. The van der Waals surface area contributed by atoms with Gasteiger partial charge in [-0.05, 0) is 42.3 Å². The molecule has 174 valence electrons. The fourth-order valence-electron chi connectivity index (χ4n) is 3.37. The highest BCUT2D eigenvalue weighted by atomic mass is 35.5. The molecule has 2 amide bonds. The number of halogens is 1. The molecule has 1 aromatic heterocycles. The Morgan fingerprint density at radius 1 is 1.06 bits per heavy atom. The summed E-state index contributed by atoms with van der Waals surface area (Å²) in [7, 11) is 1.56. The number of carbonyl (C=O) groups is 1. The van der Waals surface area contributed by atoms with Crippen LogP contribution in [0.2, 0.25) is 5.02 Å². The number of carbonyl (C=O) groups excluding carboxylic acids is 1. The monoisotopic (exact) mass is 493 g/mol. The van der Waals surface area contributed by atoms with Gasteiger partial charge in [0, 0.05) is 10.8 Å². The Kier molecular flexibility index (Phi) is 7.72. The van der Waals surface area contributed by atoms with Crippen LogP contribution in [0.25, 0.3) is 5.69 Å². The Morgan fingerprint density at radius 2 is 1.82 bits per heavy atom. The summed E-state index contributed by atoms with van der Waals surface area (Å²) in [5.41, 5.74) is 3.65. The van der Waals surface area contributed by atoms with Crippen LogP contribution in [-0.2, 0) is 12.3 Å². The molecule has 0 spiro atoms. The largest absolute Gasteiger partial charge is 0.495 e. The van der Waals surface area contributed by atoms with Crippen molar-refractivity contribution in [1.29, 1.82) is 0 Å². The van der Waals surface area contributed by atoms with Gasteiger partial charge in [0.05, 0.1) is 25.0 Å². The minimum absolute atomic E-state index is 0.172. The van der Waals surface area contributed by atoms with Crippen LogP contribution in [0, 0.1) is 6.92 Å². The number of benzene rings is 3. The Hall–Kier alpha value is -3.49. The summed E-state index contributed by atoms with van der Waals surface area (Å²) >= 11 is 7.88. The zero-order valence-corrected chi connectivity index (χ0v) is 20.4. The fourth-order valence-corrected chi connectivity index (χ4v) is 4.46. The maximum absolute atomic E-state index is 12.6. The molecule has 0 aliphatic carbocycles. The number of aromatic nitrogens is 3. The first kappa shape index (κ1) is 23.7. The summed E-state index contributed by atoms with van der Waals surface area (Å²) in [5, 5.41) is 15.8. The Balaban J connectivity index is 1.56. The second-order valence-corrected chi connectivity index (χ2v) is 8.83. The summed E-state index contributed by atoms with van der Waals surface area (Å²) in [6.45, 7) is 2.18. The Labute approximate surface area is 207 Å². The van der Waals surface area contributed by atoms with Crippen LogP contribution in [0.4, 0.5) is 10.5 Å². The van der Waals surface area contributed by atoms with E-state index in [0.717, 1.165) is 22.2 Å². The third kappa shape index (κ3) is 5.70. The second-order valence-electron chi connectivity index (χ2n) is 7.45. The topological polar surface area (TPSA) is 81.1 Å². The van der Waals surface area contributed by atoms with Gasteiger partial charge >= 0.3 is 6.03 Å². The molecule has 34 heavy (non-hydrogen) atoms. The van der Waals surface area contributed by atoms with Crippen molar-refractivity contribution in [2.75, 3.05) is 12.4 Å². The van der Waals surface area contributed by atoms with Gasteiger partial charge in [0.2, 0.25) is 0 Å². The standard InChI is InChI=1S/C25H24ClN5O2S/c1-17-12-13-19(26)14-21(17)31-23(29-30-25(31)34-16-18-8-4-3-5-9-18)15-27-24(32)28-20-10-6-7-11-22(20)33-2/h3-14H,15-16H2,1-2H3,(H2,27,28,32). The number of nitrogens with one attached hydrogen (secondary N) is 2. The lowest BCUT2D eigenvalue weighted by Crippen LogP contribution is -2.29. The van der Waals surface area contributed by atoms with Gasteiger partial charge in [-0.1, -0.05) is 71.9 Å². The van der Waals surface area contributed by atoms with E-state index < -0.39 is 0 Å². The maximum atomic E-state index is 12.6. The summed E-state index contributed by atoms with van der Waals surface area (Å²) in [4.78, 5) is 12.6. The third-order valence-electron chi connectivity index (χ3n) is 5.09. The van der Waals surface area contributed by atoms with Gasteiger partial charge < -0.3 is 15.4 Å². The van der Waals surface area contributed by atoms with E-state index >= 15 is 0 Å². The van der Waals surface area contributed by atoms with Crippen LogP contribution >= 0.6 is 23.4 Å². The molecular formula is C25H24ClN5O2S. The van der Waals surface area contributed by atoms with Crippen LogP contribution in [-0.4, -0.2) is 27.9 Å². The van der Waals surface area contributed by atoms with Crippen molar-refractivity contribution in [2.24, 2.45) is 0 Å². The van der Waals surface area contributed by atoms with E-state index in [4.69, 9.17) is 16.3 Å². The molecule has 4 aromatic rings. The van der Waals surface area contributed by atoms with Crippen LogP contribution in [0.1, 0.15) is 17.0 Å². The van der Waals surface area contributed by atoms with Crippen molar-refractivity contribution in [3.05, 3.63) is 94.8 Å². The first-order chi connectivity index (χ1) is 16.5. The maximum Gasteiger partial charge on any atom is 0.319 e. The van der Waals surface area contributed by atoms with Crippen molar-refractivity contribution in [2.45, 2.75) is 24.4 Å². The molecule has 9 heteroatoms. The van der Waals surface area contributed by atoms with Crippen molar-refractivity contribution >= 4 is 35.1 Å². The van der Waals surface area contributed by atoms with E-state index in [-0.39, 0.29) is 12.6 Å². The van der Waals surface area contributed by atoms with Gasteiger partial charge in [0.15, 0.2) is 11.0 Å². The van der Waals surface area contributed by atoms with Crippen molar-refractivity contribution < 1.29 is 9.53 Å². The molecule has 3 aromatic carbocycles. The van der Waals surface area contributed by atoms with E-state index in [9.17, 15) is 4.79 Å². The highest BCUT2D eigenvalue weighted by Gasteiger charge is 2.18. The van der Waals surface area contributed by atoms with E-state index in [1.807, 2.05) is 60.0 Å². The van der Waals surface area contributed by atoms with E-state index in [2.05, 4.69) is 33.0 Å². The number of anilines is 1. The molecule has 0 unspecified atom stereocenters. The van der Waals surface area contributed by atoms with Gasteiger partial charge in [-0.2, -0.15) is 0 Å². The molecule has 0 radical (unpaired) electrons. The number of hydrogen-bond acceptors (Lipinski definition) is 5. The number of aryl methyl sites for hydroxylation is 1. The number of hydrogen-bond donors (Lipinski definition) is 2. The van der Waals surface area contributed by atoms with Crippen LogP contribution in [0.3, 0.4) is 0 Å². The van der Waals surface area contributed by atoms with Gasteiger partial charge in [0.1, 0.15) is 5.75 Å². The number of amides is 2. The molecule has 4 rings (SSSR count). The predicted octanol–water partition coefficient (Wildman–Crippen LogP) is 5.85. The summed E-state index contributed by atoms with van der Waals surface area (Å²) in [5.74, 6) is 1.91. The average molecular weight is 494 g/mol. The summed E-state index contributed by atoms with van der Waals surface area (Å²) in [6, 6.07) is 22.7. The van der Waals surface area contributed by atoms with Gasteiger partial charge in [-0.3, -0.25) is 4.57 Å². The number of para-hydroxylation sites is 2. The van der Waals surface area contributed by atoms with E-state index in [0.29, 0.717) is 22.3 Å². The highest BCUT2D eigenvalue weighted by Crippen LogP contribution is 2.28. The number of nitrogens with zero attached hydrogens (tertiary/aromatic N) is 3. The smallest absolute Gasteiger partial charge is 0.319 e. The molecule has 2 N–H and O–H groups in total. The second kappa shape index (κ2) is 11.1. The quantitative estimate of drug-likeness (QED) is 0.301. The van der Waals surface area contributed by atoms with Crippen molar-refractivity contribution in [1.82, 2.24) is 20.1 Å². The SMILES string of the molecule is COc1ccccc1NC(=O)NCc1nnc(SCc2ccccc2)n1-c1cc(Cl)ccc1C. The average Bonchev–Trinajstić information content (AvgIpc) is 3.26. The number of ether oxygens (including phenoxy) is 1. The molecule has 7 nitrogen and oxygen atoms in total. The predicted molar refractivity (Wildman–Crippen MR) is 136 cm³/mol. The lowest BCUT2D eigenvalue weighted by atomic mass is 10.2. The van der Waals surface area contributed by atoms with Crippen molar-refractivity contribution in [3.63, 3.8) is 0 Å². The first-order valence-electron chi connectivity index (χ1n) is 10.6. The number of thioether (sulfide) groups is 1. The molecule has 0 fully saturated rings. The molecule has 0 saturated carbocycles. The van der Waals surface area contributed by atoms with Gasteiger partial charge in [0.25, 0.3) is 0 Å². The molecule has 0 saturated heterocycles. The normalized spacial score (nSPS) is 10.7. The van der Waals surface area contributed by atoms with Crippen LogP contribution in [0.15, 0.2) is 78.0 Å². The number of urea groups is 1. The molecule has 0 bridgehead atoms. The Morgan fingerprint density at radius 3 is 2.62 bits per heavy atom. The fraction of sp³-hybridized carbons (Fsp3) is 0.160. The van der Waals surface area contributed by atoms with E-state index in [1.54, 1.807) is 31.0 Å². The zero-order valence-electron chi connectivity index (χ0n) is 18.8. The van der Waals surface area contributed by atoms with Gasteiger partial charge in [-0.25, -0.2) is 4.79 Å². The zero-order chi connectivity index (χ0) is 23.9. The molecule has 0 aliphatic heterocycles. The summed E-state index contributed by atoms with van der Waals surface area (Å²) in [6.07, 6.45) is 0. The minimum atomic E-state index is -0.375. The Bertz CT molecular complexity index is 1280. The number of methoxy groups -OCH3 is 1. The molecule has 0 aliphatic rings. The molecule has 0 atom stereocenters. The lowest BCUT2D eigenvalue weighted by molar-refractivity contribution is 0.251. The lowest BCUT2D eigenvalue weighted by Gasteiger charge is -2.14. The van der Waals surface area contributed by atoms with Crippen LogP contribution < -0.4 is 15.4 Å². The molecular weight excluding hydrogens is 470 g/mol. The summed E-state index contributed by atoms with van der Waals surface area (Å²) < 4.78 is 7.24. The van der Waals surface area contributed by atoms with Gasteiger partial charge in [-0.15, -0.1) is 10.2 Å².